The average molecular weight is 443 g/mol. The van der Waals surface area contributed by atoms with E-state index in [1.54, 1.807) is 40.0 Å². The summed E-state index contributed by atoms with van der Waals surface area (Å²) < 4.78 is 21.2. The molecule has 6 nitrogen and oxygen atoms in total. The first kappa shape index (κ1) is 21.3. The molecule has 8 heteroatoms. The van der Waals surface area contributed by atoms with Gasteiger partial charge in [0.05, 0.1) is 5.02 Å². The molecule has 2 aromatic carbocycles. The monoisotopic (exact) mass is 442 g/mol. The zero-order chi connectivity index (χ0) is 21.8. The topological polar surface area (TPSA) is 50.6 Å². The van der Waals surface area contributed by atoms with Crippen LogP contribution in [-0.2, 0) is 13.3 Å². The highest BCUT2D eigenvalue weighted by Gasteiger charge is 2.24. The maximum absolute atomic E-state index is 13.9. The lowest BCUT2D eigenvalue weighted by Crippen LogP contribution is -2.48. The Morgan fingerprint density at radius 3 is 2.68 bits per heavy atom. The van der Waals surface area contributed by atoms with E-state index >= 15 is 0 Å². The predicted octanol–water partition coefficient (Wildman–Crippen LogP) is 3.98. The molecule has 2 heterocycles. The molecule has 0 radical (unpaired) electrons. The van der Waals surface area contributed by atoms with Gasteiger partial charge in [0.2, 0.25) is 0 Å². The highest BCUT2D eigenvalue weighted by atomic mass is 35.5. The Balaban J connectivity index is 1.30. The Hall–Kier alpha value is -2.90. The Morgan fingerprint density at radius 1 is 1.13 bits per heavy atom. The SMILES string of the molecule is Cc1ccc(Cl)c(OCn2ccc(C(=O)N3CCN(Cc4ccccc4F)CC3)n2)c1. The number of ether oxygens (including phenoxy) is 1. The molecular formula is C23H24ClFN4O2. The van der Waals surface area contributed by atoms with Crippen molar-refractivity contribution in [2.24, 2.45) is 0 Å². The number of rotatable bonds is 6. The van der Waals surface area contributed by atoms with Crippen molar-refractivity contribution in [2.75, 3.05) is 26.2 Å². The van der Waals surface area contributed by atoms with E-state index in [2.05, 4.69) is 10.00 Å². The van der Waals surface area contributed by atoms with Crippen molar-refractivity contribution in [2.45, 2.75) is 20.2 Å². The standard InChI is InChI=1S/C23H24ClFN4O2/c1-17-6-7-19(24)22(14-17)31-16-29-9-8-21(26-29)23(30)28-12-10-27(11-13-28)15-18-4-2-3-5-20(18)25/h2-9,14H,10-13,15-16H2,1H3. The van der Waals surface area contributed by atoms with Crippen LogP contribution in [0.1, 0.15) is 21.6 Å². The summed E-state index contributed by atoms with van der Waals surface area (Å²) in [5.74, 6) is 0.273. The van der Waals surface area contributed by atoms with Crippen molar-refractivity contribution in [1.29, 1.82) is 0 Å². The second-order valence-corrected chi connectivity index (χ2v) is 8.01. The third-order valence-corrected chi connectivity index (χ3v) is 5.62. The molecule has 1 aliphatic rings. The van der Waals surface area contributed by atoms with Gasteiger partial charge in [-0.2, -0.15) is 5.10 Å². The summed E-state index contributed by atoms with van der Waals surface area (Å²) >= 11 is 6.15. The van der Waals surface area contributed by atoms with E-state index in [9.17, 15) is 9.18 Å². The van der Waals surface area contributed by atoms with Gasteiger partial charge in [0.15, 0.2) is 12.4 Å². The normalized spacial score (nSPS) is 14.6. The van der Waals surface area contributed by atoms with E-state index in [1.165, 1.54) is 6.07 Å². The van der Waals surface area contributed by atoms with Crippen molar-refractivity contribution < 1.29 is 13.9 Å². The second-order valence-electron chi connectivity index (χ2n) is 7.61. The number of amides is 1. The summed E-state index contributed by atoms with van der Waals surface area (Å²) in [6, 6.07) is 14.0. The maximum atomic E-state index is 13.9. The minimum Gasteiger partial charge on any atom is -0.470 e. The lowest BCUT2D eigenvalue weighted by molar-refractivity contribution is 0.0619. The van der Waals surface area contributed by atoms with Gasteiger partial charge < -0.3 is 9.64 Å². The van der Waals surface area contributed by atoms with E-state index < -0.39 is 0 Å². The van der Waals surface area contributed by atoms with Crippen LogP contribution in [0.25, 0.3) is 0 Å². The molecule has 1 saturated heterocycles. The second kappa shape index (κ2) is 9.49. The van der Waals surface area contributed by atoms with E-state index in [-0.39, 0.29) is 18.5 Å². The van der Waals surface area contributed by atoms with Crippen LogP contribution in [0.2, 0.25) is 5.02 Å². The Kier molecular flexibility index (Phi) is 6.53. The van der Waals surface area contributed by atoms with Crippen LogP contribution >= 0.6 is 11.6 Å². The highest BCUT2D eigenvalue weighted by molar-refractivity contribution is 6.32. The molecule has 0 aliphatic carbocycles. The van der Waals surface area contributed by atoms with E-state index in [4.69, 9.17) is 16.3 Å². The lowest BCUT2D eigenvalue weighted by Gasteiger charge is -2.34. The molecule has 0 unspecified atom stereocenters. The van der Waals surface area contributed by atoms with Gasteiger partial charge in [-0.05, 0) is 36.8 Å². The maximum Gasteiger partial charge on any atom is 0.274 e. The van der Waals surface area contributed by atoms with Gasteiger partial charge in [-0.25, -0.2) is 9.07 Å². The van der Waals surface area contributed by atoms with Crippen molar-refractivity contribution in [3.05, 3.63) is 82.4 Å². The van der Waals surface area contributed by atoms with Crippen LogP contribution in [0, 0.1) is 12.7 Å². The van der Waals surface area contributed by atoms with Crippen LogP contribution in [0.15, 0.2) is 54.7 Å². The van der Waals surface area contributed by atoms with Crippen LogP contribution in [0.4, 0.5) is 4.39 Å². The third kappa shape index (κ3) is 5.24. The predicted molar refractivity (Wildman–Crippen MR) is 117 cm³/mol. The average Bonchev–Trinajstić information content (AvgIpc) is 3.25. The largest absolute Gasteiger partial charge is 0.470 e. The van der Waals surface area contributed by atoms with E-state index in [1.807, 2.05) is 25.1 Å². The van der Waals surface area contributed by atoms with Crippen LogP contribution in [0.3, 0.4) is 0 Å². The summed E-state index contributed by atoms with van der Waals surface area (Å²) in [7, 11) is 0. The molecule has 0 atom stereocenters. The van der Waals surface area contributed by atoms with E-state index in [0.29, 0.717) is 54.8 Å². The molecular weight excluding hydrogens is 419 g/mol. The van der Waals surface area contributed by atoms with Gasteiger partial charge in [-0.3, -0.25) is 9.69 Å². The van der Waals surface area contributed by atoms with Gasteiger partial charge in [0, 0.05) is 44.5 Å². The molecule has 0 N–H and O–H groups in total. The first-order valence-electron chi connectivity index (χ1n) is 10.2. The fourth-order valence-electron chi connectivity index (χ4n) is 3.54. The summed E-state index contributed by atoms with van der Waals surface area (Å²) in [6.45, 7) is 5.20. The summed E-state index contributed by atoms with van der Waals surface area (Å²) in [5, 5.41) is 4.88. The zero-order valence-electron chi connectivity index (χ0n) is 17.3. The number of hydrogen-bond donors (Lipinski definition) is 0. The molecule has 1 fully saturated rings. The summed E-state index contributed by atoms with van der Waals surface area (Å²) in [4.78, 5) is 16.7. The quantitative estimate of drug-likeness (QED) is 0.579. The fourth-order valence-corrected chi connectivity index (χ4v) is 3.72. The molecule has 0 saturated carbocycles. The molecule has 31 heavy (non-hydrogen) atoms. The minimum atomic E-state index is -0.194. The number of carbonyl (C=O) groups excluding carboxylic acids is 1. The van der Waals surface area contributed by atoms with Crippen LogP contribution < -0.4 is 4.74 Å². The number of aromatic nitrogens is 2. The highest BCUT2D eigenvalue weighted by Crippen LogP contribution is 2.25. The Labute approximate surface area is 185 Å². The molecule has 1 aromatic heterocycles. The molecule has 3 aromatic rings. The molecule has 0 bridgehead atoms. The number of piperazine rings is 1. The number of nitrogens with zero attached hydrogens (tertiary/aromatic N) is 4. The Bertz CT molecular complexity index is 1060. The molecule has 162 valence electrons. The molecule has 0 spiro atoms. The Morgan fingerprint density at radius 2 is 1.90 bits per heavy atom. The number of benzene rings is 2. The number of hydrogen-bond acceptors (Lipinski definition) is 4. The number of carbonyl (C=O) groups is 1. The van der Waals surface area contributed by atoms with Crippen molar-refractivity contribution in [3.8, 4) is 5.75 Å². The first-order chi connectivity index (χ1) is 15.0. The van der Waals surface area contributed by atoms with Gasteiger partial charge in [-0.15, -0.1) is 0 Å². The lowest BCUT2D eigenvalue weighted by atomic mass is 10.2. The number of halogens is 2. The summed E-state index contributed by atoms with van der Waals surface area (Å²) in [6.07, 6.45) is 1.71. The van der Waals surface area contributed by atoms with Crippen molar-refractivity contribution in [1.82, 2.24) is 19.6 Å². The fraction of sp³-hybridized carbons (Fsp3) is 0.304. The smallest absolute Gasteiger partial charge is 0.274 e. The minimum absolute atomic E-state index is 0.113. The molecule has 1 amide bonds. The molecule has 4 rings (SSSR count). The van der Waals surface area contributed by atoms with Gasteiger partial charge in [0.1, 0.15) is 11.6 Å². The summed E-state index contributed by atoms with van der Waals surface area (Å²) in [5.41, 5.74) is 2.10. The van der Waals surface area contributed by atoms with Gasteiger partial charge >= 0.3 is 0 Å². The van der Waals surface area contributed by atoms with E-state index in [0.717, 1.165) is 5.56 Å². The van der Waals surface area contributed by atoms with Crippen LogP contribution in [-0.4, -0.2) is 51.7 Å². The third-order valence-electron chi connectivity index (χ3n) is 5.31. The van der Waals surface area contributed by atoms with Crippen molar-refractivity contribution >= 4 is 17.5 Å². The van der Waals surface area contributed by atoms with Gasteiger partial charge in [0.25, 0.3) is 5.91 Å². The van der Waals surface area contributed by atoms with Crippen molar-refractivity contribution in [3.63, 3.8) is 0 Å². The van der Waals surface area contributed by atoms with Crippen LogP contribution in [0.5, 0.6) is 5.75 Å². The zero-order valence-corrected chi connectivity index (χ0v) is 18.1. The first-order valence-corrected chi connectivity index (χ1v) is 10.5. The van der Waals surface area contributed by atoms with Gasteiger partial charge in [-0.1, -0.05) is 35.9 Å². The number of aryl methyl sites for hydroxylation is 1. The molecule has 1 aliphatic heterocycles.